The van der Waals surface area contributed by atoms with E-state index in [9.17, 15) is 18.0 Å². The normalized spacial score (nSPS) is 13.7. The molecule has 1 rings (SSSR count). The predicted octanol–water partition coefficient (Wildman–Crippen LogP) is 2.44. The van der Waals surface area contributed by atoms with Gasteiger partial charge < -0.3 is 10.5 Å². The van der Waals surface area contributed by atoms with Gasteiger partial charge in [0.2, 0.25) is 0 Å². The van der Waals surface area contributed by atoms with Crippen LogP contribution in [0.3, 0.4) is 0 Å². The molecule has 0 unspecified atom stereocenters. The van der Waals surface area contributed by atoms with E-state index in [1.165, 1.54) is 18.3 Å². The van der Waals surface area contributed by atoms with Crippen molar-refractivity contribution in [3.8, 4) is 0 Å². The van der Waals surface area contributed by atoms with E-state index in [1.807, 2.05) is 5.32 Å². The Morgan fingerprint density at radius 2 is 2.04 bits per heavy atom. The average molecular weight is 331 g/mol. The quantitative estimate of drug-likeness (QED) is 0.828. The van der Waals surface area contributed by atoms with Gasteiger partial charge in [-0.2, -0.15) is 18.3 Å². The summed E-state index contributed by atoms with van der Waals surface area (Å²) in [5, 5.41) is 8.79. The Balaban J connectivity index is 3.11. The van der Waals surface area contributed by atoms with Crippen LogP contribution in [0.25, 0.3) is 0 Å². The Labute approximate surface area is 130 Å². The van der Waals surface area contributed by atoms with Gasteiger partial charge in [0.05, 0.1) is 5.70 Å². The minimum absolute atomic E-state index is 0.287. The maximum atomic E-state index is 13.2. The first-order valence-corrected chi connectivity index (χ1v) is 6.39. The number of alkyl carbamates (subject to hydrolysis) is 1. The van der Waals surface area contributed by atoms with Crippen LogP contribution in [-0.2, 0) is 4.74 Å². The summed E-state index contributed by atoms with van der Waals surface area (Å²) in [4.78, 5) is 15.0. The van der Waals surface area contributed by atoms with Crippen LogP contribution in [0.5, 0.6) is 0 Å². The number of aromatic nitrogens is 2. The number of halogens is 3. The Kier molecular flexibility index (Phi) is 5.66. The molecule has 1 aromatic heterocycles. The van der Waals surface area contributed by atoms with E-state index in [-0.39, 0.29) is 5.82 Å². The first-order valence-electron chi connectivity index (χ1n) is 6.39. The zero-order valence-corrected chi connectivity index (χ0v) is 12.7. The average Bonchev–Trinajstić information content (AvgIpc) is 2.40. The standard InChI is InChI=1S/C13H16F3N5O2/c1-12(2,3)23-11(22)19-8(7-17)10(13(14,15)16)20-9-5-4-6-18-21-9/h4-7H,17H2,1-3H3,(H,19,22)/b8-7+,20-10?. The van der Waals surface area contributed by atoms with E-state index >= 15 is 0 Å². The number of nitrogens with zero attached hydrogens (tertiary/aromatic N) is 3. The molecule has 0 aliphatic carbocycles. The van der Waals surface area contributed by atoms with Crippen LogP contribution in [0.15, 0.2) is 35.2 Å². The lowest BCUT2D eigenvalue weighted by Gasteiger charge is -2.21. The summed E-state index contributed by atoms with van der Waals surface area (Å²) in [5.41, 5.74) is 2.13. The summed E-state index contributed by atoms with van der Waals surface area (Å²) in [5.74, 6) is -0.287. The lowest BCUT2D eigenvalue weighted by Crippen LogP contribution is -2.38. The highest BCUT2D eigenvalue weighted by Crippen LogP contribution is 2.24. The van der Waals surface area contributed by atoms with Gasteiger partial charge in [0, 0.05) is 12.4 Å². The number of alkyl halides is 3. The van der Waals surface area contributed by atoms with Gasteiger partial charge in [-0.3, -0.25) is 5.32 Å². The fourth-order valence-corrected chi connectivity index (χ4v) is 1.34. The number of allylic oxidation sites excluding steroid dienone is 1. The molecule has 0 aromatic carbocycles. The molecule has 0 aliphatic heterocycles. The Morgan fingerprint density at radius 1 is 1.39 bits per heavy atom. The van der Waals surface area contributed by atoms with Gasteiger partial charge in [0.1, 0.15) is 5.60 Å². The van der Waals surface area contributed by atoms with Crippen LogP contribution in [-0.4, -0.2) is 33.8 Å². The molecule has 1 aromatic rings. The number of hydrogen-bond acceptors (Lipinski definition) is 6. The summed E-state index contributed by atoms with van der Waals surface area (Å²) in [6.07, 6.45) is -4.11. The lowest BCUT2D eigenvalue weighted by atomic mass is 10.2. The SMILES string of the molecule is CC(C)(C)OC(=O)N/C(=C/N)C(=Nc1cccnn1)C(F)(F)F. The number of carbonyl (C=O) groups excluding carboxylic acids is 1. The first-order chi connectivity index (χ1) is 10.5. The van der Waals surface area contributed by atoms with Crippen LogP contribution in [0.1, 0.15) is 20.8 Å². The Bertz CT molecular complexity index is 606. The molecule has 1 heterocycles. The summed E-state index contributed by atoms with van der Waals surface area (Å²) < 4.78 is 44.4. The van der Waals surface area contributed by atoms with E-state index in [1.54, 1.807) is 20.8 Å². The highest BCUT2D eigenvalue weighted by Gasteiger charge is 2.39. The minimum atomic E-state index is -4.88. The van der Waals surface area contributed by atoms with Gasteiger partial charge in [0.25, 0.3) is 0 Å². The topological polar surface area (TPSA) is 102 Å². The summed E-state index contributed by atoms with van der Waals surface area (Å²) >= 11 is 0. The van der Waals surface area contributed by atoms with Crippen molar-refractivity contribution in [2.24, 2.45) is 10.7 Å². The monoisotopic (exact) mass is 331 g/mol. The van der Waals surface area contributed by atoms with E-state index in [0.717, 1.165) is 0 Å². The minimum Gasteiger partial charge on any atom is -0.444 e. The number of amides is 1. The maximum absolute atomic E-state index is 13.2. The van der Waals surface area contributed by atoms with Crippen LogP contribution in [0.2, 0.25) is 0 Å². The van der Waals surface area contributed by atoms with Crippen molar-refractivity contribution in [3.63, 3.8) is 0 Å². The number of rotatable bonds is 3. The molecular weight excluding hydrogens is 315 g/mol. The van der Waals surface area contributed by atoms with E-state index in [0.29, 0.717) is 6.20 Å². The molecule has 10 heteroatoms. The van der Waals surface area contributed by atoms with Gasteiger partial charge in [0.15, 0.2) is 11.5 Å². The molecule has 0 spiro atoms. The van der Waals surface area contributed by atoms with Crippen LogP contribution in [0, 0.1) is 0 Å². The van der Waals surface area contributed by atoms with Crippen molar-refractivity contribution in [3.05, 3.63) is 30.2 Å². The summed E-state index contributed by atoms with van der Waals surface area (Å²) in [7, 11) is 0. The molecule has 23 heavy (non-hydrogen) atoms. The highest BCUT2D eigenvalue weighted by atomic mass is 19.4. The number of hydrogen-bond donors (Lipinski definition) is 2. The number of nitrogens with two attached hydrogens (primary N) is 1. The second kappa shape index (κ2) is 7.07. The first kappa shape index (κ1) is 18.4. The molecule has 126 valence electrons. The molecule has 0 saturated carbocycles. The third-order valence-electron chi connectivity index (χ3n) is 2.11. The molecular formula is C13H16F3N5O2. The largest absolute Gasteiger partial charge is 0.444 e. The van der Waals surface area contributed by atoms with E-state index in [2.05, 4.69) is 15.2 Å². The Hall–Kier alpha value is -2.65. The van der Waals surface area contributed by atoms with Crippen molar-refractivity contribution in [2.75, 3.05) is 0 Å². The summed E-state index contributed by atoms with van der Waals surface area (Å²) in [6, 6.07) is 2.59. The zero-order chi connectivity index (χ0) is 17.7. The number of ether oxygens (including phenoxy) is 1. The van der Waals surface area contributed by atoms with Crippen molar-refractivity contribution in [2.45, 2.75) is 32.5 Å². The van der Waals surface area contributed by atoms with Crippen LogP contribution < -0.4 is 11.1 Å². The molecule has 0 saturated heterocycles. The fourth-order valence-electron chi connectivity index (χ4n) is 1.34. The molecule has 3 N–H and O–H groups in total. The van der Waals surface area contributed by atoms with Gasteiger partial charge >= 0.3 is 12.3 Å². The number of aliphatic imine (C=N–C) groups is 1. The highest BCUT2D eigenvalue weighted by molar-refractivity contribution is 6.06. The van der Waals surface area contributed by atoms with Crippen LogP contribution >= 0.6 is 0 Å². The van der Waals surface area contributed by atoms with Gasteiger partial charge in [-0.05, 0) is 32.9 Å². The molecule has 0 aliphatic rings. The van der Waals surface area contributed by atoms with Crippen molar-refractivity contribution in [1.29, 1.82) is 0 Å². The fraction of sp³-hybridized carbons (Fsp3) is 0.385. The second-order valence-electron chi connectivity index (χ2n) is 5.25. The molecule has 0 radical (unpaired) electrons. The van der Waals surface area contributed by atoms with Crippen LogP contribution in [0.4, 0.5) is 23.8 Å². The summed E-state index contributed by atoms with van der Waals surface area (Å²) in [6.45, 7) is 4.70. The Morgan fingerprint density at radius 3 is 2.48 bits per heavy atom. The van der Waals surface area contributed by atoms with Crippen molar-refractivity contribution in [1.82, 2.24) is 15.5 Å². The molecule has 0 fully saturated rings. The third kappa shape index (κ3) is 6.32. The lowest BCUT2D eigenvalue weighted by molar-refractivity contribution is -0.0584. The molecule has 0 atom stereocenters. The number of nitrogens with one attached hydrogen (secondary N) is 1. The zero-order valence-electron chi connectivity index (χ0n) is 12.7. The van der Waals surface area contributed by atoms with Gasteiger partial charge in [-0.25, -0.2) is 9.79 Å². The third-order valence-corrected chi connectivity index (χ3v) is 2.11. The second-order valence-corrected chi connectivity index (χ2v) is 5.25. The van der Waals surface area contributed by atoms with Crippen molar-refractivity contribution >= 4 is 17.6 Å². The van der Waals surface area contributed by atoms with E-state index < -0.39 is 29.3 Å². The molecule has 1 amide bonds. The van der Waals surface area contributed by atoms with Gasteiger partial charge in [-0.15, -0.1) is 5.10 Å². The van der Waals surface area contributed by atoms with Gasteiger partial charge in [-0.1, -0.05) is 0 Å². The maximum Gasteiger partial charge on any atom is 0.435 e. The van der Waals surface area contributed by atoms with E-state index in [4.69, 9.17) is 10.5 Å². The molecule has 0 bridgehead atoms. The predicted molar refractivity (Wildman–Crippen MR) is 76.8 cm³/mol. The molecule has 7 nitrogen and oxygen atoms in total. The van der Waals surface area contributed by atoms with Crippen molar-refractivity contribution < 1.29 is 22.7 Å². The number of carbonyl (C=O) groups is 1. The smallest absolute Gasteiger partial charge is 0.435 e.